The SMILES string of the molecule is CCNCCCCS(=O)(=O)NC(C)CCSCC. The molecule has 0 aliphatic heterocycles. The first-order valence-corrected chi connectivity index (χ1v) is 9.61. The molecule has 0 aromatic rings. The maximum atomic E-state index is 11.8. The fourth-order valence-electron chi connectivity index (χ4n) is 1.55. The van der Waals surface area contributed by atoms with E-state index in [0.717, 1.165) is 43.9 Å². The molecule has 0 radical (unpaired) electrons. The van der Waals surface area contributed by atoms with Crippen molar-refractivity contribution in [2.75, 3.05) is 30.3 Å². The minimum atomic E-state index is -3.09. The molecule has 0 aliphatic rings. The lowest BCUT2D eigenvalue weighted by molar-refractivity contribution is 0.552. The van der Waals surface area contributed by atoms with Crippen molar-refractivity contribution in [3.8, 4) is 0 Å². The van der Waals surface area contributed by atoms with Crippen LogP contribution in [0, 0.1) is 0 Å². The van der Waals surface area contributed by atoms with E-state index in [9.17, 15) is 8.42 Å². The van der Waals surface area contributed by atoms with E-state index in [1.807, 2.05) is 25.6 Å². The molecule has 0 aliphatic carbocycles. The van der Waals surface area contributed by atoms with Crippen molar-refractivity contribution in [1.29, 1.82) is 0 Å². The Bertz CT molecular complexity index is 282. The highest BCUT2D eigenvalue weighted by Gasteiger charge is 2.13. The predicted octanol–water partition coefficient (Wildman–Crippen LogP) is 1.83. The van der Waals surface area contributed by atoms with E-state index < -0.39 is 10.0 Å². The van der Waals surface area contributed by atoms with Crippen LogP contribution in [0.2, 0.25) is 0 Å². The van der Waals surface area contributed by atoms with Crippen LogP contribution in [0.5, 0.6) is 0 Å². The number of nitrogens with one attached hydrogen (secondary N) is 2. The van der Waals surface area contributed by atoms with Crippen molar-refractivity contribution in [2.45, 2.75) is 46.1 Å². The second-order valence-corrected chi connectivity index (χ2v) is 7.65. The van der Waals surface area contributed by atoms with E-state index in [4.69, 9.17) is 0 Å². The highest BCUT2D eigenvalue weighted by molar-refractivity contribution is 7.99. The summed E-state index contributed by atoms with van der Waals surface area (Å²) >= 11 is 1.85. The van der Waals surface area contributed by atoms with Crippen molar-refractivity contribution in [3.05, 3.63) is 0 Å². The predicted molar refractivity (Wildman–Crippen MR) is 81.8 cm³/mol. The van der Waals surface area contributed by atoms with Crippen LogP contribution in [-0.4, -0.2) is 44.8 Å². The Hall–Kier alpha value is 0.220. The number of unbranched alkanes of at least 4 members (excludes halogenated alkanes) is 1. The normalized spacial score (nSPS) is 13.7. The first-order chi connectivity index (χ1) is 8.52. The van der Waals surface area contributed by atoms with Gasteiger partial charge in [0.05, 0.1) is 5.75 Å². The molecular formula is C12H28N2O2S2. The molecule has 1 unspecified atom stereocenters. The van der Waals surface area contributed by atoms with Crippen LogP contribution in [0.15, 0.2) is 0 Å². The van der Waals surface area contributed by atoms with E-state index in [2.05, 4.69) is 17.0 Å². The highest BCUT2D eigenvalue weighted by Crippen LogP contribution is 2.05. The minimum absolute atomic E-state index is 0.0443. The van der Waals surface area contributed by atoms with Crippen molar-refractivity contribution >= 4 is 21.8 Å². The van der Waals surface area contributed by atoms with E-state index in [1.165, 1.54) is 0 Å². The maximum Gasteiger partial charge on any atom is 0.211 e. The van der Waals surface area contributed by atoms with Crippen molar-refractivity contribution < 1.29 is 8.42 Å². The first kappa shape index (κ1) is 18.2. The quantitative estimate of drug-likeness (QED) is 0.539. The van der Waals surface area contributed by atoms with Crippen LogP contribution in [0.3, 0.4) is 0 Å². The molecule has 0 saturated heterocycles. The van der Waals surface area contributed by atoms with Gasteiger partial charge in [0.15, 0.2) is 0 Å². The Morgan fingerprint density at radius 2 is 1.94 bits per heavy atom. The monoisotopic (exact) mass is 296 g/mol. The summed E-state index contributed by atoms with van der Waals surface area (Å²) in [6.45, 7) is 7.94. The molecule has 18 heavy (non-hydrogen) atoms. The van der Waals surface area contributed by atoms with Gasteiger partial charge in [-0.1, -0.05) is 13.8 Å². The van der Waals surface area contributed by atoms with Gasteiger partial charge in [0.2, 0.25) is 10.0 Å². The number of thioether (sulfide) groups is 1. The Morgan fingerprint density at radius 3 is 2.56 bits per heavy atom. The van der Waals surface area contributed by atoms with E-state index in [-0.39, 0.29) is 11.8 Å². The Morgan fingerprint density at radius 1 is 1.22 bits per heavy atom. The average Bonchev–Trinajstić information content (AvgIpc) is 2.28. The van der Waals surface area contributed by atoms with Gasteiger partial charge in [0, 0.05) is 6.04 Å². The Kier molecular flexibility index (Phi) is 11.2. The van der Waals surface area contributed by atoms with Gasteiger partial charge in [-0.2, -0.15) is 11.8 Å². The molecule has 110 valence electrons. The maximum absolute atomic E-state index is 11.8. The summed E-state index contributed by atoms with van der Waals surface area (Å²) in [5, 5.41) is 3.19. The van der Waals surface area contributed by atoms with Gasteiger partial charge in [0.25, 0.3) is 0 Å². The third-order valence-corrected chi connectivity index (χ3v) is 5.07. The number of hydrogen-bond donors (Lipinski definition) is 2. The summed E-state index contributed by atoms with van der Waals surface area (Å²) < 4.78 is 26.3. The van der Waals surface area contributed by atoms with E-state index >= 15 is 0 Å². The lowest BCUT2D eigenvalue weighted by atomic mass is 10.3. The molecule has 0 spiro atoms. The summed E-state index contributed by atoms with van der Waals surface area (Å²) in [7, 11) is -3.09. The second-order valence-electron chi connectivity index (χ2n) is 4.38. The molecule has 0 saturated carbocycles. The van der Waals surface area contributed by atoms with Gasteiger partial charge in [-0.15, -0.1) is 0 Å². The summed E-state index contributed by atoms with van der Waals surface area (Å²) in [6, 6.07) is 0.0443. The van der Waals surface area contributed by atoms with Crippen LogP contribution in [0.4, 0.5) is 0 Å². The molecule has 0 rings (SSSR count). The van der Waals surface area contributed by atoms with Gasteiger partial charge >= 0.3 is 0 Å². The molecule has 0 bridgehead atoms. The van der Waals surface area contributed by atoms with Crippen LogP contribution in [0.1, 0.15) is 40.0 Å². The van der Waals surface area contributed by atoms with Crippen molar-refractivity contribution in [1.82, 2.24) is 10.0 Å². The molecule has 0 aromatic heterocycles. The third kappa shape index (κ3) is 11.3. The molecule has 0 aromatic carbocycles. The molecule has 6 heteroatoms. The van der Waals surface area contributed by atoms with Gasteiger partial charge < -0.3 is 5.32 Å². The number of hydrogen-bond acceptors (Lipinski definition) is 4. The molecule has 0 amide bonds. The zero-order chi connectivity index (χ0) is 13.9. The molecule has 0 heterocycles. The topological polar surface area (TPSA) is 58.2 Å². The highest BCUT2D eigenvalue weighted by atomic mass is 32.2. The summed E-state index contributed by atoms with van der Waals surface area (Å²) in [5.74, 6) is 2.34. The van der Waals surface area contributed by atoms with Crippen LogP contribution >= 0.6 is 11.8 Å². The summed E-state index contributed by atoms with van der Waals surface area (Å²) in [5.41, 5.74) is 0. The zero-order valence-electron chi connectivity index (χ0n) is 11.9. The van der Waals surface area contributed by atoms with Crippen LogP contribution in [0.25, 0.3) is 0 Å². The fourth-order valence-corrected chi connectivity index (χ4v) is 3.79. The standard InChI is InChI=1S/C12H28N2O2S2/c1-4-13-9-6-7-11-18(15,16)14-12(3)8-10-17-5-2/h12-14H,4-11H2,1-3H3. The lowest BCUT2D eigenvalue weighted by Crippen LogP contribution is -2.34. The number of rotatable bonds is 12. The van der Waals surface area contributed by atoms with Gasteiger partial charge in [0.1, 0.15) is 0 Å². The van der Waals surface area contributed by atoms with Gasteiger partial charge in [-0.3, -0.25) is 0 Å². The average molecular weight is 297 g/mol. The lowest BCUT2D eigenvalue weighted by Gasteiger charge is -2.13. The molecule has 0 fully saturated rings. The van der Waals surface area contributed by atoms with E-state index in [0.29, 0.717) is 0 Å². The minimum Gasteiger partial charge on any atom is -0.317 e. The zero-order valence-corrected chi connectivity index (χ0v) is 13.5. The van der Waals surface area contributed by atoms with Crippen molar-refractivity contribution in [2.24, 2.45) is 0 Å². The third-order valence-electron chi connectivity index (χ3n) is 2.55. The molecule has 1 atom stereocenters. The van der Waals surface area contributed by atoms with Crippen LogP contribution in [-0.2, 0) is 10.0 Å². The fraction of sp³-hybridized carbons (Fsp3) is 1.00. The van der Waals surface area contributed by atoms with E-state index in [1.54, 1.807) is 0 Å². The summed E-state index contributed by atoms with van der Waals surface area (Å²) in [6.07, 6.45) is 2.53. The van der Waals surface area contributed by atoms with Crippen molar-refractivity contribution in [3.63, 3.8) is 0 Å². The summed E-state index contributed by atoms with van der Waals surface area (Å²) in [4.78, 5) is 0. The Balaban J connectivity index is 3.71. The second kappa shape index (κ2) is 11.1. The van der Waals surface area contributed by atoms with Gasteiger partial charge in [-0.25, -0.2) is 13.1 Å². The van der Waals surface area contributed by atoms with Gasteiger partial charge in [-0.05, 0) is 50.8 Å². The van der Waals surface area contributed by atoms with Crippen LogP contribution < -0.4 is 10.0 Å². The largest absolute Gasteiger partial charge is 0.317 e. The smallest absolute Gasteiger partial charge is 0.211 e. The first-order valence-electron chi connectivity index (χ1n) is 6.80. The molecule has 2 N–H and O–H groups in total. The molecule has 4 nitrogen and oxygen atoms in total. The Labute approximate surface area is 117 Å². The molecular weight excluding hydrogens is 268 g/mol. The number of sulfonamides is 1.